The molecule has 1 fully saturated rings. The summed E-state index contributed by atoms with van der Waals surface area (Å²) < 4.78 is 5.62. The fourth-order valence-electron chi connectivity index (χ4n) is 3.00. The number of nitrogens with zero attached hydrogens (tertiary/aromatic N) is 5. The van der Waals surface area contributed by atoms with Crippen LogP contribution in [-0.2, 0) is 4.79 Å². The molecule has 3 aromatic rings. The van der Waals surface area contributed by atoms with E-state index >= 15 is 0 Å². The van der Waals surface area contributed by atoms with Crippen molar-refractivity contribution in [2.45, 2.75) is 6.92 Å². The Labute approximate surface area is 143 Å². The lowest BCUT2D eigenvalue weighted by atomic mass is 10.1. The molecule has 0 saturated carbocycles. The number of carbonyl (C=O) groups excluding carboxylic acids is 1. The Hall–Kier alpha value is -2.54. The molecular formula is C17H17N5OS. The van der Waals surface area contributed by atoms with Gasteiger partial charge >= 0.3 is 0 Å². The Morgan fingerprint density at radius 3 is 2.54 bits per heavy atom. The molecule has 3 heterocycles. The van der Waals surface area contributed by atoms with Crippen molar-refractivity contribution in [1.29, 1.82) is 0 Å². The summed E-state index contributed by atoms with van der Waals surface area (Å²) in [6, 6.07) is 10.1. The molecule has 1 aliphatic heterocycles. The molecule has 0 radical (unpaired) electrons. The molecule has 6 nitrogen and oxygen atoms in total. The van der Waals surface area contributed by atoms with Gasteiger partial charge in [0.1, 0.15) is 22.2 Å². The zero-order valence-electron chi connectivity index (χ0n) is 13.3. The summed E-state index contributed by atoms with van der Waals surface area (Å²) in [5.41, 5.74) is 2.86. The van der Waals surface area contributed by atoms with Gasteiger partial charge in [0, 0.05) is 38.7 Å². The zero-order valence-corrected chi connectivity index (χ0v) is 14.2. The van der Waals surface area contributed by atoms with Crippen molar-refractivity contribution in [2.75, 3.05) is 31.1 Å². The highest BCUT2D eigenvalue weighted by atomic mass is 32.1. The van der Waals surface area contributed by atoms with Crippen molar-refractivity contribution >= 4 is 33.5 Å². The van der Waals surface area contributed by atoms with Crippen molar-refractivity contribution in [2.24, 2.45) is 0 Å². The van der Waals surface area contributed by atoms with Gasteiger partial charge in [-0.3, -0.25) is 4.79 Å². The Morgan fingerprint density at radius 2 is 1.83 bits per heavy atom. The van der Waals surface area contributed by atoms with Crippen LogP contribution in [0.15, 0.2) is 36.7 Å². The molecule has 0 N–H and O–H groups in total. The lowest BCUT2D eigenvalue weighted by Gasteiger charge is -2.34. The van der Waals surface area contributed by atoms with Gasteiger partial charge in [0.05, 0.1) is 0 Å². The minimum absolute atomic E-state index is 0.131. The maximum atomic E-state index is 11.5. The van der Waals surface area contributed by atoms with E-state index in [0.717, 1.165) is 53.5 Å². The molecule has 24 heavy (non-hydrogen) atoms. The molecule has 122 valence electrons. The number of amides is 1. The normalized spacial score (nSPS) is 15.0. The van der Waals surface area contributed by atoms with Gasteiger partial charge < -0.3 is 9.80 Å². The second-order valence-corrected chi connectivity index (χ2v) is 6.54. The third-order valence-corrected chi connectivity index (χ3v) is 5.14. The van der Waals surface area contributed by atoms with Gasteiger partial charge in [0.15, 0.2) is 5.82 Å². The number of carbonyl (C=O) groups is 1. The Morgan fingerprint density at radius 1 is 1.08 bits per heavy atom. The average Bonchev–Trinajstić information content (AvgIpc) is 3.06. The van der Waals surface area contributed by atoms with Crippen LogP contribution in [0.2, 0.25) is 0 Å². The summed E-state index contributed by atoms with van der Waals surface area (Å²) >= 11 is 1.44. The first-order chi connectivity index (χ1) is 11.7. The monoisotopic (exact) mass is 339 g/mol. The fourth-order valence-corrected chi connectivity index (χ4v) is 3.87. The molecule has 0 atom stereocenters. The lowest BCUT2D eigenvalue weighted by Crippen LogP contribution is -2.48. The van der Waals surface area contributed by atoms with Gasteiger partial charge in [-0.15, -0.1) is 0 Å². The molecule has 0 aliphatic carbocycles. The number of fused-ring (bicyclic) bond motifs is 1. The van der Waals surface area contributed by atoms with Gasteiger partial charge in [-0.2, -0.15) is 4.37 Å². The van der Waals surface area contributed by atoms with Crippen LogP contribution < -0.4 is 4.90 Å². The molecule has 1 aromatic carbocycles. The zero-order chi connectivity index (χ0) is 16.5. The van der Waals surface area contributed by atoms with Crippen molar-refractivity contribution in [3.63, 3.8) is 0 Å². The first kappa shape index (κ1) is 15.0. The van der Waals surface area contributed by atoms with E-state index in [0.29, 0.717) is 0 Å². The standard InChI is InChI=1S/C17H17N5OS/c1-12(23)21-7-9-22(10-8-21)17-16-15(18-11-19-17)14(20-24-16)13-5-3-2-4-6-13/h2-6,11H,7-10H2,1H3. The Bertz CT molecular complexity index is 871. The maximum absolute atomic E-state index is 11.5. The highest BCUT2D eigenvalue weighted by Gasteiger charge is 2.23. The molecule has 1 amide bonds. The number of aromatic nitrogens is 3. The maximum Gasteiger partial charge on any atom is 0.219 e. The van der Waals surface area contributed by atoms with E-state index in [-0.39, 0.29) is 5.91 Å². The van der Waals surface area contributed by atoms with Crippen LogP contribution in [0, 0.1) is 0 Å². The summed E-state index contributed by atoms with van der Waals surface area (Å²) in [5.74, 6) is 1.05. The van der Waals surface area contributed by atoms with Gasteiger partial charge in [-0.1, -0.05) is 30.3 Å². The summed E-state index contributed by atoms with van der Waals surface area (Å²) in [5, 5.41) is 0. The predicted octanol–water partition coefficient (Wildman–Crippen LogP) is 2.42. The first-order valence-electron chi connectivity index (χ1n) is 7.90. The van der Waals surface area contributed by atoms with Crippen LogP contribution in [0.25, 0.3) is 21.5 Å². The molecule has 4 rings (SSSR count). The second kappa shape index (κ2) is 6.16. The summed E-state index contributed by atoms with van der Waals surface area (Å²) in [6.45, 7) is 4.64. The number of hydrogen-bond donors (Lipinski definition) is 0. The van der Waals surface area contributed by atoms with E-state index in [9.17, 15) is 4.79 Å². The average molecular weight is 339 g/mol. The van der Waals surface area contributed by atoms with E-state index in [1.165, 1.54) is 11.5 Å². The molecule has 1 saturated heterocycles. The van der Waals surface area contributed by atoms with Crippen molar-refractivity contribution in [3.8, 4) is 11.3 Å². The summed E-state index contributed by atoms with van der Waals surface area (Å²) in [4.78, 5) is 24.5. The number of hydrogen-bond acceptors (Lipinski definition) is 6. The molecule has 1 aliphatic rings. The van der Waals surface area contributed by atoms with E-state index in [4.69, 9.17) is 0 Å². The van der Waals surface area contributed by atoms with Gasteiger partial charge in [0.25, 0.3) is 0 Å². The van der Waals surface area contributed by atoms with Crippen LogP contribution in [0.3, 0.4) is 0 Å². The topological polar surface area (TPSA) is 62.2 Å². The smallest absolute Gasteiger partial charge is 0.219 e. The fraction of sp³-hybridized carbons (Fsp3) is 0.294. The second-order valence-electron chi connectivity index (χ2n) is 5.77. The Balaban J connectivity index is 1.68. The largest absolute Gasteiger partial charge is 0.352 e. The summed E-state index contributed by atoms with van der Waals surface area (Å²) in [6.07, 6.45) is 1.61. The van der Waals surface area contributed by atoms with E-state index < -0.39 is 0 Å². The quantitative estimate of drug-likeness (QED) is 0.717. The highest BCUT2D eigenvalue weighted by Crippen LogP contribution is 2.34. The van der Waals surface area contributed by atoms with E-state index in [1.807, 2.05) is 35.2 Å². The van der Waals surface area contributed by atoms with Crippen molar-refractivity contribution < 1.29 is 4.79 Å². The molecule has 2 aromatic heterocycles. The van der Waals surface area contributed by atoms with E-state index in [2.05, 4.69) is 19.2 Å². The van der Waals surface area contributed by atoms with Crippen LogP contribution in [0.1, 0.15) is 6.92 Å². The van der Waals surface area contributed by atoms with Crippen molar-refractivity contribution in [3.05, 3.63) is 36.7 Å². The number of benzene rings is 1. The predicted molar refractivity (Wildman–Crippen MR) is 95.1 cm³/mol. The van der Waals surface area contributed by atoms with Crippen LogP contribution in [0.4, 0.5) is 5.82 Å². The molecule has 7 heteroatoms. The van der Waals surface area contributed by atoms with Crippen LogP contribution in [0.5, 0.6) is 0 Å². The van der Waals surface area contributed by atoms with Gasteiger partial charge in [-0.05, 0) is 11.5 Å². The lowest BCUT2D eigenvalue weighted by molar-refractivity contribution is -0.129. The minimum Gasteiger partial charge on any atom is -0.352 e. The third kappa shape index (κ3) is 2.60. The number of anilines is 1. The number of piperazine rings is 1. The van der Waals surface area contributed by atoms with E-state index in [1.54, 1.807) is 13.3 Å². The Kier molecular flexibility index (Phi) is 3.86. The molecule has 0 unspecified atom stereocenters. The van der Waals surface area contributed by atoms with Crippen molar-refractivity contribution in [1.82, 2.24) is 19.2 Å². The summed E-state index contributed by atoms with van der Waals surface area (Å²) in [7, 11) is 0. The molecule has 0 bridgehead atoms. The van der Waals surface area contributed by atoms with Gasteiger partial charge in [0.2, 0.25) is 5.91 Å². The number of rotatable bonds is 2. The van der Waals surface area contributed by atoms with Gasteiger partial charge in [-0.25, -0.2) is 9.97 Å². The van der Waals surface area contributed by atoms with Crippen LogP contribution >= 0.6 is 11.5 Å². The first-order valence-corrected chi connectivity index (χ1v) is 8.67. The molecular weight excluding hydrogens is 322 g/mol. The highest BCUT2D eigenvalue weighted by molar-refractivity contribution is 7.14. The third-order valence-electron chi connectivity index (χ3n) is 4.31. The SMILES string of the molecule is CC(=O)N1CCN(c2ncnc3c(-c4ccccc4)nsc23)CC1. The van der Waals surface area contributed by atoms with Crippen LogP contribution in [-0.4, -0.2) is 51.3 Å². The minimum atomic E-state index is 0.131. The molecule has 0 spiro atoms.